The second-order valence-corrected chi connectivity index (χ2v) is 5.67. The maximum atomic E-state index is 5.48. The van der Waals surface area contributed by atoms with Gasteiger partial charge in [-0.1, -0.05) is 30.3 Å². The van der Waals surface area contributed by atoms with E-state index in [-0.39, 0.29) is 11.6 Å². The first-order chi connectivity index (χ1) is 9.68. The van der Waals surface area contributed by atoms with Crippen molar-refractivity contribution in [3.8, 4) is 0 Å². The van der Waals surface area contributed by atoms with Gasteiger partial charge in [0.15, 0.2) is 0 Å². The number of methoxy groups -OCH3 is 2. The number of nitrogens with one attached hydrogen (secondary N) is 1. The average molecular weight is 278 g/mol. The van der Waals surface area contributed by atoms with Crippen molar-refractivity contribution in [3.63, 3.8) is 0 Å². The molecule has 0 radical (unpaired) electrons. The van der Waals surface area contributed by atoms with Gasteiger partial charge in [0, 0.05) is 40.4 Å². The molecule has 20 heavy (non-hydrogen) atoms. The largest absolute Gasteiger partial charge is 0.382 e. The second kappa shape index (κ2) is 7.18. The van der Waals surface area contributed by atoms with Crippen LogP contribution in [0.2, 0.25) is 0 Å². The molecular formula is C16H26N2O2. The predicted octanol–water partition coefficient (Wildman–Crippen LogP) is 1.47. The van der Waals surface area contributed by atoms with Gasteiger partial charge in [0.25, 0.3) is 0 Å². The molecular weight excluding hydrogens is 252 g/mol. The SMILES string of the molecule is COCC(CN1CCNC(C)(c2ccccc2)C1)OC. The summed E-state index contributed by atoms with van der Waals surface area (Å²) in [6.45, 7) is 6.85. The predicted molar refractivity (Wildman–Crippen MR) is 80.9 cm³/mol. The van der Waals surface area contributed by atoms with Crippen LogP contribution in [0.3, 0.4) is 0 Å². The first kappa shape index (κ1) is 15.4. The highest BCUT2D eigenvalue weighted by molar-refractivity contribution is 5.24. The number of piperazine rings is 1. The first-order valence-corrected chi connectivity index (χ1v) is 7.22. The monoisotopic (exact) mass is 278 g/mol. The summed E-state index contributed by atoms with van der Waals surface area (Å²) in [4.78, 5) is 2.46. The summed E-state index contributed by atoms with van der Waals surface area (Å²) in [5.41, 5.74) is 1.34. The summed E-state index contributed by atoms with van der Waals surface area (Å²) >= 11 is 0. The van der Waals surface area contributed by atoms with E-state index in [0.717, 1.165) is 26.2 Å². The summed E-state index contributed by atoms with van der Waals surface area (Å²) < 4.78 is 10.7. The van der Waals surface area contributed by atoms with Gasteiger partial charge in [0.2, 0.25) is 0 Å². The molecule has 0 spiro atoms. The number of ether oxygens (including phenoxy) is 2. The Bertz CT molecular complexity index is 399. The summed E-state index contributed by atoms with van der Waals surface area (Å²) in [6.07, 6.45) is 0.137. The van der Waals surface area contributed by atoms with Crippen LogP contribution in [-0.4, -0.2) is 58.0 Å². The molecule has 0 aromatic heterocycles. The Morgan fingerprint density at radius 2 is 2.05 bits per heavy atom. The Balaban J connectivity index is 2.01. The number of rotatable bonds is 6. The van der Waals surface area contributed by atoms with Gasteiger partial charge in [-0.25, -0.2) is 0 Å². The highest BCUT2D eigenvalue weighted by Gasteiger charge is 2.32. The molecule has 1 aromatic carbocycles. The molecule has 1 N–H and O–H groups in total. The number of hydrogen-bond donors (Lipinski definition) is 1. The van der Waals surface area contributed by atoms with E-state index >= 15 is 0 Å². The van der Waals surface area contributed by atoms with Crippen molar-refractivity contribution in [2.45, 2.75) is 18.6 Å². The molecule has 2 unspecified atom stereocenters. The van der Waals surface area contributed by atoms with E-state index in [1.807, 2.05) is 0 Å². The zero-order valence-corrected chi connectivity index (χ0v) is 12.8. The summed E-state index contributed by atoms with van der Waals surface area (Å²) in [5.74, 6) is 0. The summed E-state index contributed by atoms with van der Waals surface area (Å²) in [5, 5.41) is 3.65. The van der Waals surface area contributed by atoms with Gasteiger partial charge in [-0.05, 0) is 12.5 Å². The molecule has 0 amide bonds. The van der Waals surface area contributed by atoms with Crippen LogP contribution in [0.1, 0.15) is 12.5 Å². The lowest BCUT2D eigenvalue weighted by Gasteiger charge is -2.42. The van der Waals surface area contributed by atoms with Crippen molar-refractivity contribution in [2.75, 3.05) is 47.0 Å². The molecule has 0 saturated carbocycles. The molecule has 0 bridgehead atoms. The third-order valence-corrected chi connectivity index (χ3v) is 4.04. The van der Waals surface area contributed by atoms with Crippen LogP contribution < -0.4 is 5.32 Å². The molecule has 4 heteroatoms. The maximum Gasteiger partial charge on any atom is 0.0931 e. The van der Waals surface area contributed by atoms with Crippen molar-refractivity contribution in [1.29, 1.82) is 0 Å². The number of hydrogen-bond acceptors (Lipinski definition) is 4. The van der Waals surface area contributed by atoms with Gasteiger partial charge in [-0.3, -0.25) is 4.90 Å². The van der Waals surface area contributed by atoms with E-state index in [1.54, 1.807) is 14.2 Å². The Morgan fingerprint density at radius 1 is 1.30 bits per heavy atom. The molecule has 2 rings (SSSR count). The van der Waals surface area contributed by atoms with Gasteiger partial charge in [-0.2, -0.15) is 0 Å². The normalized spacial score (nSPS) is 25.6. The standard InChI is InChI=1S/C16H26N2O2/c1-16(14-7-5-4-6-8-14)13-18(10-9-17-16)11-15(20-3)12-19-2/h4-8,15,17H,9-13H2,1-3H3. The van der Waals surface area contributed by atoms with Crippen LogP contribution >= 0.6 is 0 Å². The summed E-state index contributed by atoms with van der Waals surface area (Å²) in [6, 6.07) is 10.7. The molecule has 112 valence electrons. The lowest BCUT2D eigenvalue weighted by atomic mass is 9.89. The van der Waals surface area contributed by atoms with Crippen molar-refractivity contribution >= 4 is 0 Å². The van der Waals surface area contributed by atoms with E-state index in [2.05, 4.69) is 47.5 Å². The highest BCUT2D eigenvalue weighted by Crippen LogP contribution is 2.24. The topological polar surface area (TPSA) is 33.7 Å². The molecule has 1 saturated heterocycles. The zero-order chi connectivity index (χ0) is 14.4. The minimum Gasteiger partial charge on any atom is -0.382 e. The van der Waals surface area contributed by atoms with E-state index in [1.165, 1.54) is 5.56 Å². The molecule has 1 aliphatic heterocycles. The zero-order valence-electron chi connectivity index (χ0n) is 12.8. The van der Waals surface area contributed by atoms with Crippen molar-refractivity contribution in [2.24, 2.45) is 0 Å². The van der Waals surface area contributed by atoms with E-state index < -0.39 is 0 Å². The van der Waals surface area contributed by atoms with E-state index in [4.69, 9.17) is 9.47 Å². The van der Waals surface area contributed by atoms with Crippen LogP contribution in [-0.2, 0) is 15.0 Å². The molecule has 1 heterocycles. The Kier molecular flexibility index (Phi) is 5.54. The van der Waals surface area contributed by atoms with Crippen LogP contribution in [0, 0.1) is 0 Å². The molecule has 4 nitrogen and oxygen atoms in total. The third-order valence-electron chi connectivity index (χ3n) is 4.04. The minimum absolute atomic E-state index is 0.00483. The van der Waals surface area contributed by atoms with Crippen molar-refractivity contribution < 1.29 is 9.47 Å². The van der Waals surface area contributed by atoms with Gasteiger partial charge < -0.3 is 14.8 Å². The van der Waals surface area contributed by atoms with Gasteiger partial charge >= 0.3 is 0 Å². The van der Waals surface area contributed by atoms with Crippen molar-refractivity contribution in [3.05, 3.63) is 35.9 Å². The van der Waals surface area contributed by atoms with Gasteiger partial charge in [0.1, 0.15) is 0 Å². The summed E-state index contributed by atoms with van der Waals surface area (Å²) in [7, 11) is 3.47. The quantitative estimate of drug-likeness (QED) is 0.854. The molecule has 2 atom stereocenters. The fraction of sp³-hybridized carbons (Fsp3) is 0.625. The molecule has 1 aliphatic rings. The Labute approximate surface area is 122 Å². The second-order valence-electron chi connectivity index (χ2n) is 5.67. The van der Waals surface area contributed by atoms with Crippen molar-refractivity contribution in [1.82, 2.24) is 10.2 Å². The minimum atomic E-state index is 0.00483. The maximum absolute atomic E-state index is 5.48. The Morgan fingerprint density at radius 3 is 2.70 bits per heavy atom. The lowest BCUT2D eigenvalue weighted by molar-refractivity contribution is -0.00453. The van der Waals surface area contributed by atoms with Crippen LogP contribution in [0.4, 0.5) is 0 Å². The van der Waals surface area contributed by atoms with Gasteiger partial charge in [0.05, 0.1) is 18.2 Å². The van der Waals surface area contributed by atoms with E-state index in [0.29, 0.717) is 6.61 Å². The van der Waals surface area contributed by atoms with Crippen LogP contribution in [0.15, 0.2) is 30.3 Å². The molecule has 1 fully saturated rings. The molecule has 0 aliphatic carbocycles. The fourth-order valence-electron chi connectivity index (χ4n) is 2.90. The number of benzene rings is 1. The van der Waals surface area contributed by atoms with Crippen LogP contribution in [0.25, 0.3) is 0 Å². The lowest BCUT2D eigenvalue weighted by Crippen LogP contribution is -2.58. The average Bonchev–Trinajstić information content (AvgIpc) is 2.48. The van der Waals surface area contributed by atoms with Crippen LogP contribution in [0.5, 0.6) is 0 Å². The smallest absolute Gasteiger partial charge is 0.0931 e. The first-order valence-electron chi connectivity index (χ1n) is 7.22. The van der Waals surface area contributed by atoms with Gasteiger partial charge in [-0.15, -0.1) is 0 Å². The third kappa shape index (κ3) is 3.79. The highest BCUT2D eigenvalue weighted by atomic mass is 16.5. The van der Waals surface area contributed by atoms with E-state index in [9.17, 15) is 0 Å². The number of nitrogens with zero attached hydrogens (tertiary/aromatic N) is 1. The molecule has 1 aromatic rings. The Hall–Kier alpha value is -0.940. The fourth-order valence-corrected chi connectivity index (χ4v) is 2.90.